The fourth-order valence-electron chi connectivity index (χ4n) is 3.43. The largest absolute Gasteiger partial charge is 0.494 e. The predicted octanol–water partition coefficient (Wildman–Crippen LogP) is 2.08. The van der Waals surface area contributed by atoms with Gasteiger partial charge in [-0.15, -0.1) is 0 Å². The maximum absolute atomic E-state index is 12.5. The van der Waals surface area contributed by atoms with E-state index in [1.807, 2.05) is 12.1 Å². The Kier molecular flexibility index (Phi) is 7.45. The quantitative estimate of drug-likeness (QED) is 0.642. The second kappa shape index (κ2) is 10.2. The summed E-state index contributed by atoms with van der Waals surface area (Å²) >= 11 is 0. The zero-order valence-corrected chi connectivity index (χ0v) is 16.1. The number of aliphatic hydroxyl groups is 1. The normalized spacial score (nSPS) is 16.8. The maximum atomic E-state index is 12.5. The average molecular weight is 388 g/mol. The summed E-state index contributed by atoms with van der Waals surface area (Å²) < 4.78 is 11.5. The van der Waals surface area contributed by atoms with Crippen molar-refractivity contribution in [2.75, 3.05) is 32.9 Å². The monoisotopic (exact) mass is 388 g/mol. The number of aromatic nitrogens is 1. The van der Waals surface area contributed by atoms with Crippen molar-refractivity contribution in [3.63, 3.8) is 0 Å². The van der Waals surface area contributed by atoms with Gasteiger partial charge in [0.25, 0.3) is 0 Å². The van der Waals surface area contributed by atoms with Gasteiger partial charge in [-0.3, -0.25) is 9.59 Å². The summed E-state index contributed by atoms with van der Waals surface area (Å²) in [6.07, 6.45) is 4.20. The zero-order valence-electron chi connectivity index (χ0n) is 16.1. The van der Waals surface area contributed by atoms with E-state index < -0.39 is 0 Å². The molecule has 2 N–H and O–H groups in total. The van der Waals surface area contributed by atoms with Crippen molar-refractivity contribution in [1.29, 1.82) is 0 Å². The Bertz CT molecular complexity index is 829. The van der Waals surface area contributed by atoms with Gasteiger partial charge in [-0.1, -0.05) is 0 Å². The van der Waals surface area contributed by atoms with Crippen molar-refractivity contribution in [3.05, 3.63) is 40.7 Å². The van der Waals surface area contributed by atoms with Crippen molar-refractivity contribution in [2.45, 2.75) is 38.2 Å². The molecule has 152 valence electrons. The van der Waals surface area contributed by atoms with Crippen molar-refractivity contribution in [1.82, 2.24) is 9.88 Å². The molecule has 0 radical (unpaired) electrons. The molecule has 2 heterocycles. The van der Waals surface area contributed by atoms with E-state index in [9.17, 15) is 14.7 Å². The van der Waals surface area contributed by atoms with Gasteiger partial charge in [0.1, 0.15) is 5.75 Å². The predicted molar refractivity (Wildman–Crippen MR) is 107 cm³/mol. The summed E-state index contributed by atoms with van der Waals surface area (Å²) in [7, 11) is 0. The number of carbonyl (C=O) groups is 1. The molecule has 28 heavy (non-hydrogen) atoms. The standard InChI is InChI=1S/C21H28N2O5/c24-11-10-23(15-18-4-1-2-12-28-18)21(26)5-3-13-27-17-7-8-19-16(14-17)6-9-20(25)22-19/h6-9,14,18,24H,1-5,10-13,15H2,(H,22,25). The molecule has 1 amide bonds. The Morgan fingerprint density at radius 2 is 2.18 bits per heavy atom. The number of hydrogen-bond acceptors (Lipinski definition) is 5. The van der Waals surface area contributed by atoms with Crippen LogP contribution in [-0.2, 0) is 9.53 Å². The van der Waals surface area contributed by atoms with Crippen LogP contribution in [0.3, 0.4) is 0 Å². The fourth-order valence-corrected chi connectivity index (χ4v) is 3.43. The molecule has 0 aliphatic carbocycles. The number of amides is 1. The van der Waals surface area contributed by atoms with E-state index >= 15 is 0 Å². The van der Waals surface area contributed by atoms with Crippen LogP contribution in [0.2, 0.25) is 0 Å². The molecule has 7 heteroatoms. The van der Waals surface area contributed by atoms with E-state index in [1.54, 1.807) is 17.0 Å². The smallest absolute Gasteiger partial charge is 0.248 e. The summed E-state index contributed by atoms with van der Waals surface area (Å²) in [5.74, 6) is 0.720. The number of H-pyrrole nitrogens is 1. The van der Waals surface area contributed by atoms with E-state index in [1.165, 1.54) is 6.07 Å². The summed E-state index contributed by atoms with van der Waals surface area (Å²) in [6.45, 7) is 2.01. The van der Waals surface area contributed by atoms with Crippen molar-refractivity contribution in [2.24, 2.45) is 0 Å². The number of carbonyl (C=O) groups excluding carboxylic acids is 1. The van der Waals surface area contributed by atoms with Crippen LogP contribution in [0.15, 0.2) is 35.1 Å². The van der Waals surface area contributed by atoms with E-state index in [4.69, 9.17) is 9.47 Å². The molecule has 1 aliphatic rings. The number of nitrogens with zero attached hydrogens (tertiary/aromatic N) is 1. The SMILES string of the molecule is O=C(CCCOc1ccc2[nH]c(=O)ccc2c1)N(CCO)CC1CCCCO1. The van der Waals surface area contributed by atoms with Crippen LogP contribution in [0.1, 0.15) is 32.1 Å². The van der Waals surface area contributed by atoms with Gasteiger partial charge >= 0.3 is 0 Å². The second-order valence-electron chi connectivity index (χ2n) is 7.08. The first-order valence-corrected chi connectivity index (χ1v) is 9.92. The number of nitrogens with one attached hydrogen (secondary N) is 1. The van der Waals surface area contributed by atoms with Crippen LogP contribution < -0.4 is 10.3 Å². The highest BCUT2D eigenvalue weighted by atomic mass is 16.5. The minimum Gasteiger partial charge on any atom is -0.494 e. The molecular weight excluding hydrogens is 360 g/mol. The van der Waals surface area contributed by atoms with Crippen molar-refractivity contribution >= 4 is 16.8 Å². The topological polar surface area (TPSA) is 91.9 Å². The fraction of sp³-hybridized carbons (Fsp3) is 0.524. The molecule has 1 atom stereocenters. The summed E-state index contributed by atoms with van der Waals surface area (Å²) in [5.41, 5.74) is 0.630. The minimum atomic E-state index is -0.134. The molecule has 1 aromatic heterocycles. The molecule has 3 rings (SSSR count). The van der Waals surface area contributed by atoms with Crippen molar-refractivity contribution in [3.8, 4) is 5.75 Å². The summed E-state index contributed by atoms with van der Waals surface area (Å²) in [5, 5.41) is 10.2. The van der Waals surface area contributed by atoms with E-state index in [-0.39, 0.29) is 24.2 Å². The lowest BCUT2D eigenvalue weighted by Crippen LogP contribution is -2.41. The number of hydrogen-bond donors (Lipinski definition) is 2. The van der Waals surface area contributed by atoms with Gasteiger partial charge in [-0.25, -0.2) is 0 Å². The minimum absolute atomic E-state index is 0.0166. The highest BCUT2D eigenvalue weighted by Gasteiger charge is 2.20. The number of rotatable bonds is 9. The van der Waals surface area contributed by atoms with E-state index in [0.29, 0.717) is 38.3 Å². The van der Waals surface area contributed by atoms with Gasteiger partial charge in [0.15, 0.2) is 0 Å². The highest BCUT2D eigenvalue weighted by Crippen LogP contribution is 2.19. The lowest BCUT2D eigenvalue weighted by molar-refractivity contribution is -0.134. The Hall–Kier alpha value is -2.38. The third-order valence-electron chi connectivity index (χ3n) is 4.92. The third kappa shape index (κ3) is 5.81. The van der Waals surface area contributed by atoms with Crippen molar-refractivity contribution < 1.29 is 19.4 Å². The number of aromatic amines is 1. The first kappa shape index (κ1) is 20.4. The molecule has 1 aromatic carbocycles. The van der Waals surface area contributed by atoms with Crippen LogP contribution in [0.4, 0.5) is 0 Å². The molecule has 1 aliphatic heterocycles. The van der Waals surface area contributed by atoms with Gasteiger partial charge in [-0.2, -0.15) is 0 Å². The summed E-state index contributed by atoms with van der Waals surface area (Å²) in [6, 6.07) is 8.72. The van der Waals surface area contributed by atoms with Gasteiger partial charge in [0, 0.05) is 43.1 Å². The third-order valence-corrected chi connectivity index (χ3v) is 4.92. The zero-order chi connectivity index (χ0) is 19.8. The number of fused-ring (bicyclic) bond motifs is 1. The van der Waals surface area contributed by atoms with Crippen LogP contribution in [0.5, 0.6) is 5.75 Å². The first-order chi connectivity index (χ1) is 13.7. The Labute approximate surface area is 164 Å². The molecule has 0 saturated carbocycles. The van der Waals surface area contributed by atoms with Crippen LogP contribution in [0.25, 0.3) is 10.9 Å². The Morgan fingerprint density at radius 1 is 1.29 bits per heavy atom. The van der Waals surface area contributed by atoms with Crippen LogP contribution in [-0.4, -0.2) is 59.9 Å². The molecule has 7 nitrogen and oxygen atoms in total. The number of aliphatic hydroxyl groups excluding tert-OH is 1. The molecule has 0 bridgehead atoms. The first-order valence-electron chi connectivity index (χ1n) is 9.92. The molecule has 1 fully saturated rings. The van der Waals surface area contributed by atoms with Gasteiger partial charge in [0.2, 0.25) is 11.5 Å². The van der Waals surface area contributed by atoms with Crippen LogP contribution >= 0.6 is 0 Å². The number of pyridine rings is 1. The molecule has 0 spiro atoms. The number of benzene rings is 1. The average Bonchev–Trinajstić information content (AvgIpc) is 2.71. The lowest BCUT2D eigenvalue weighted by atomic mass is 10.1. The number of ether oxygens (including phenoxy) is 2. The molecule has 2 aromatic rings. The van der Waals surface area contributed by atoms with Gasteiger partial charge in [0.05, 0.1) is 19.3 Å². The Morgan fingerprint density at radius 3 is 2.96 bits per heavy atom. The molecular formula is C21H28N2O5. The van der Waals surface area contributed by atoms with Gasteiger partial charge in [-0.05, 0) is 49.9 Å². The molecule has 1 unspecified atom stereocenters. The second-order valence-corrected chi connectivity index (χ2v) is 7.08. The van der Waals surface area contributed by atoms with E-state index in [2.05, 4.69) is 4.98 Å². The summed E-state index contributed by atoms with van der Waals surface area (Å²) in [4.78, 5) is 28.3. The lowest BCUT2D eigenvalue weighted by Gasteiger charge is -2.29. The Balaban J connectivity index is 1.45. The van der Waals surface area contributed by atoms with E-state index in [0.717, 1.165) is 36.8 Å². The van der Waals surface area contributed by atoms with Crippen LogP contribution in [0, 0.1) is 0 Å². The molecule has 1 saturated heterocycles. The van der Waals surface area contributed by atoms with Gasteiger partial charge < -0.3 is 24.5 Å². The highest BCUT2D eigenvalue weighted by molar-refractivity contribution is 5.79. The maximum Gasteiger partial charge on any atom is 0.248 e.